The molecule has 0 radical (unpaired) electrons. The van der Waals surface area contributed by atoms with Crippen LogP contribution in [0.3, 0.4) is 0 Å². The first-order valence-corrected chi connectivity index (χ1v) is 11.2. The second-order valence-electron chi connectivity index (χ2n) is 7.32. The third-order valence-electron chi connectivity index (χ3n) is 4.35. The van der Waals surface area contributed by atoms with Crippen LogP contribution < -0.4 is 27.7 Å². The van der Waals surface area contributed by atoms with Gasteiger partial charge in [-0.1, -0.05) is 11.8 Å². The molecule has 0 bridgehead atoms. The number of thioether (sulfide) groups is 1. The second kappa shape index (κ2) is 13.8. The fraction of sp³-hybridized carbons (Fsp3) is 0.350. The second-order valence-corrected chi connectivity index (χ2v) is 8.35. The molecule has 19 heteroatoms. The van der Waals surface area contributed by atoms with Gasteiger partial charge in [0.2, 0.25) is 0 Å². The molecule has 10 nitrogen and oxygen atoms in total. The third-order valence-corrected chi connectivity index (χ3v) is 5.35. The van der Waals surface area contributed by atoms with Gasteiger partial charge in [0.25, 0.3) is 5.91 Å². The van der Waals surface area contributed by atoms with Crippen LogP contribution in [0.25, 0.3) is 0 Å². The quantitative estimate of drug-likeness (QED) is 0.0398. The molecule has 0 aliphatic rings. The van der Waals surface area contributed by atoms with Crippen LogP contribution in [0.5, 0.6) is 0 Å². The summed E-state index contributed by atoms with van der Waals surface area (Å²) in [6, 6.07) is 4.21. The highest BCUT2D eigenvalue weighted by Gasteiger charge is 2.74. The minimum Gasteiger partial charge on any atom is -0.323 e. The highest BCUT2D eigenvalue weighted by atomic mass is 32.2. The highest BCUT2D eigenvalue weighted by Crippen LogP contribution is 2.52. The lowest BCUT2D eigenvalue weighted by atomic mass is 10.0. The highest BCUT2D eigenvalue weighted by molar-refractivity contribution is 8.13. The number of amidine groups is 1. The molecule has 1 amide bonds. The number of amides is 1. The minimum absolute atomic E-state index is 0.0592. The molecule has 0 fully saturated rings. The monoisotopic (exact) mass is 593 g/mol. The number of quaternary nitrogens is 1. The smallest absolute Gasteiger partial charge is 0.323 e. The van der Waals surface area contributed by atoms with Crippen molar-refractivity contribution in [3.8, 4) is 0 Å². The summed E-state index contributed by atoms with van der Waals surface area (Å²) >= 11 is 0.688. The molecule has 0 saturated heterocycles. The number of carbonyl (C=O) groups is 1. The Morgan fingerprint density at radius 2 is 1.77 bits per heavy atom. The topological polar surface area (TPSA) is 159 Å². The zero-order chi connectivity index (χ0) is 30.2. The average molecular weight is 594 g/mol. The summed E-state index contributed by atoms with van der Waals surface area (Å²) in [5.74, 6) is -11.0. The number of benzene rings is 1. The summed E-state index contributed by atoms with van der Waals surface area (Å²) < 4.78 is 106. The van der Waals surface area contributed by atoms with Gasteiger partial charge in [0, 0.05) is 29.3 Å². The molecular formula is C20H25F8N8O2S+. The summed E-state index contributed by atoms with van der Waals surface area (Å²) in [5.41, 5.74) is 4.44. The normalized spacial score (nSPS) is 11.9. The van der Waals surface area contributed by atoms with Gasteiger partial charge < -0.3 is 16.4 Å². The molecule has 0 aliphatic carbocycles. The van der Waals surface area contributed by atoms with E-state index in [4.69, 9.17) is 21.8 Å². The Morgan fingerprint density at radius 1 is 1.18 bits per heavy atom. The summed E-state index contributed by atoms with van der Waals surface area (Å²) in [5, 5.41) is 13.2. The lowest BCUT2D eigenvalue weighted by Gasteiger charge is -2.28. The van der Waals surface area contributed by atoms with Crippen LogP contribution in [-0.2, 0) is 10.8 Å². The number of anilines is 1. The number of hydrogen-bond donors (Lipinski definition) is 6. The molecule has 218 valence electrons. The van der Waals surface area contributed by atoms with Crippen molar-refractivity contribution in [2.45, 2.75) is 22.9 Å². The fourth-order valence-corrected chi connectivity index (χ4v) is 3.33. The number of aromatic nitrogens is 1. The molecule has 39 heavy (non-hydrogen) atoms. The molecule has 0 atom stereocenters. The maximum Gasteiger partial charge on any atom is 0.460 e. The average Bonchev–Trinajstić information content (AvgIpc) is 2.84. The third kappa shape index (κ3) is 8.19. The van der Waals surface area contributed by atoms with E-state index >= 15 is 0 Å². The maximum atomic E-state index is 14.2. The van der Waals surface area contributed by atoms with E-state index in [1.807, 2.05) is 19.4 Å². The zero-order valence-corrected chi connectivity index (χ0v) is 21.3. The van der Waals surface area contributed by atoms with Gasteiger partial charge in [0.15, 0.2) is 10.9 Å². The molecule has 0 spiro atoms. The Hall–Kier alpha value is -3.10. The standard InChI is InChI=1S/C18H17F8N7O2S.C2H7N/c1-35-32-8-2-3-12(36-15(28)33(29)7-27)9(4-8)14(34)31-13-5-11(19)10(6-30-13)16(20,21)17(22,23)18(24,25)26;1-3-2/h2-6,28,32H,7,27,29H2,1H3,(H,30,31,34);3H,1-2H3/p+1. The lowest BCUT2D eigenvalue weighted by Crippen LogP contribution is -2.76. The summed E-state index contributed by atoms with van der Waals surface area (Å²) in [6.07, 6.45) is -6.91. The Morgan fingerprint density at radius 3 is 2.26 bits per heavy atom. The molecule has 0 unspecified atom stereocenters. The van der Waals surface area contributed by atoms with Crippen molar-refractivity contribution in [1.29, 1.82) is 5.41 Å². The van der Waals surface area contributed by atoms with Crippen LogP contribution in [-0.4, -0.2) is 61.0 Å². The van der Waals surface area contributed by atoms with Crippen LogP contribution in [0.2, 0.25) is 0 Å². The number of hydrogen-bond acceptors (Lipinski definition) is 8. The van der Waals surface area contributed by atoms with E-state index in [0.29, 0.717) is 17.4 Å². The SMILES string of the molecule is CNC.CO[NH2+]c1ccc(SC(=N)N(N)CN)c(C(=O)Nc2cc(F)c(C(F)(F)C(F)(F)C(F)(F)F)cn2)c1. The summed E-state index contributed by atoms with van der Waals surface area (Å²) in [6.45, 7) is -0.240. The number of nitrogens with one attached hydrogen (secondary N) is 3. The largest absolute Gasteiger partial charge is 0.460 e. The Labute approximate surface area is 220 Å². The number of alkyl halides is 7. The van der Waals surface area contributed by atoms with E-state index in [0.717, 1.165) is 5.01 Å². The molecule has 2 rings (SSSR count). The number of rotatable bonds is 8. The Bertz CT molecular complexity index is 1150. The van der Waals surface area contributed by atoms with Gasteiger partial charge >= 0.3 is 18.0 Å². The first kappa shape index (κ1) is 33.9. The van der Waals surface area contributed by atoms with Crippen molar-refractivity contribution in [3.05, 3.63) is 47.4 Å². The predicted molar refractivity (Wildman–Crippen MR) is 126 cm³/mol. The Balaban J connectivity index is 0.00000242. The van der Waals surface area contributed by atoms with E-state index in [-0.39, 0.29) is 34.6 Å². The van der Waals surface area contributed by atoms with Gasteiger partial charge in [-0.15, -0.1) is 0 Å². The van der Waals surface area contributed by atoms with E-state index < -0.39 is 41.1 Å². The number of carbonyl (C=O) groups excluding carboxylic acids is 1. The van der Waals surface area contributed by atoms with E-state index in [2.05, 4.69) is 10.3 Å². The number of nitrogens with zero attached hydrogens (tertiary/aromatic N) is 2. The Kier molecular flexibility index (Phi) is 12.0. The van der Waals surface area contributed by atoms with Gasteiger partial charge in [-0.05, 0) is 20.2 Å². The van der Waals surface area contributed by atoms with Crippen molar-refractivity contribution in [2.75, 3.05) is 33.2 Å². The molecule has 0 aliphatic heterocycles. The van der Waals surface area contributed by atoms with Crippen LogP contribution in [0.15, 0.2) is 35.4 Å². The summed E-state index contributed by atoms with van der Waals surface area (Å²) in [4.78, 5) is 20.9. The number of hydrazine groups is 1. The van der Waals surface area contributed by atoms with E-state index in [9.17, 15) is 39.9 Å². The molecule has 9 N–H and O–H groups in total. The number of nitrogens with two attached hydrogens (primary N) is 3. The number of pyridine rings is 1. The van der Waals surface area contributed by atoms with Gasteiger partial charge in [0.1, 0.15) is 11.6 Å². The van der Waals surface area contributed by atoms with Gasteiger partial charge in [-0.3, -0.25) is 15.2 Å². The van der Waals surface area contributed by atoms with Crippen molar-refractivity contribution in [2.24, 2.45) is 11.6 Å². The molecule has 1 aromatic heterocycles. The van der Waals surface area contributed by atoms with Gasteiger partial charge in [0.05, 0.1) is 24.9 Å². The minimum atomic E-state index is -6.68. The van der Waals surface area contributed by atoms with Crippen molar-refractivity contribution in [3.63, 3.8) is 0 Å². The molecule has 1 aromatic carbocycles. The van der Waals surface area contributed by atoms with Gasteiger partial charge in [-0.2, -0.15) is 36.2 Å². The zero-order valence-electron chi connectivity index (χ0n) is 20.5. The van der Waals surface area contributed by atoms with Crippen LogP contribution >= 0.6 is 11.8 Å². The molecule has 0 saturated carbocycles. The fourth-order valence-electron chi connectivity index (χ4n) is 2.53. The van der Waals surface area contributed by atoms with E-state index in [1.54, 1.807) is 0 Å². The van der Waals surface area contributed by atoms with Crippen molar-refractivity contribution < 1.29 is 50.2 Å². The van der Waals surface area contributed by atoms with E-state index in [1.165, 1.54) is 30.8 Å². The van der Waals surface area contributed by atoms with Crippen molar-refractivity contribution in [1.82, 2.24) is 15.3 Å². The van der Waals surface area contributed by atoms with Crippen LogP contribution in [0, 0.1) is 11.2 Å². The molecular weight excluding hydrogens is 568 g/mol. The number of halogens is 8. The predicted octanol–water partition coefficient (Wildman–Crippen LogP) is 2.47. The first-order valence-electron chi connectivity index (χ1n) is 10.3. The first-order chi connectivity index (χ1) is 18.0. The summed E-state index contributed by atoms with van der Waals surface area (Å²) in [7, 11) is 5.07. The van der Waals surface area contributed by atoms with Crippen molar-refractivity contribution >= 4 is 34.3 Å². The van der Waals surface area contributed by atoms with Crippen LogP contribution in [0.1, 0.15) is 15.9 Å². The molecule has 1 heterocycles. The molecule has 2 aromatic rings. The van der Waals surface area contributed by atoms with Crippen LogP contribution in [0.4, 0.5) is 46.6 Å². The lowest BCUT2D eigenvalue weighted by molar-refractivity contribution is -0.830. The van der Waals surface area contributed by atoms with Gasteiger partial charge in [-0.25, -0.2) is 20.1 Å². The maximum absolute atomic E-state index is 14.2.